The second-order valence-corrected chi connectivity index (χ2v) is 6.35. The lowest BCUT2D eigenvalue weighted by Crippen LogP contribution is -2.31. The summed E-state index contributed by atoms with van der Waals surface area (Å²) in [6.45, 7) is 4.99. The maximum atomic E-state index is 12.6. The molecule has 1 aromatic carbocycles. The number of nitrogens with one attached hydrogen (secondary N) is 1. The molecule has 1 saturated heterocycles. The van der Waals surface area contributed by atoms with Crippen LogP contribution >= 0.6 is 0 Å². The van der Waals surface area contributed by atoms with Crippen LogP contribution in [0.5, 0.6) is 0 Å². The van der Waals surface area contributed by atoms with Crippen molar-refractivity contribution in [1.29, 1.82) is 0 Å². The Balaban J connectivity index is 1.69. The molecule has 1 aliphatic rings. The van der Waals surface area contributed by atoms with E-state index in [0.29, 0.717) is 43.0 Å². The Bertz CT molecular complexity index is 787. The molecule has 0 radical (unpaired) electrons. The van der Waals surface area contributed by atoms with Gasteiger partial charge in [-0.1, -0.05) is 11.6 Å². The highest BCUT2D eigenvalue weighted by Gasteiger charge is 2.25. The zero-order valence-corrected chi connectivity index (χ0v) is 14.6. The minimum atomic E-state index is -0.175. The van der Waals surface area contributed by atoms with Crippen LogP contribution in [0.1, 0.15) is 40.2 Å². The zero-order chi connectivity index (χ0) is 17.8. The van der Waals surface area contributed by atoms with Crippen molar-refractivity contribution < 1.29 is 9.59 Å². The SMILES string of the molecule is Cc1cnc(CCNC(=O)c2cc(C)ccc2N2CCCC2=O)nc1. The molecule has 2 heterocycles. The highest BCUT2D eigenvalue weighted by atomic mass is 16.2. The van der Waals surface area contributed by atoms with Crippen LogP contribution in [0.2, 0.25) is 0 Å². The smallest absolute Gasteiger partial charge is 0.253 e. The fourth-order valence-electron chi connectivity index (χ4n) is 2.90. The number of nitrogens with zero attached hydrogens (tertiary/aromatic N) is 3. The van der Waals surface area contributed by atoms with Crippen LogP contribution in [0.4, 0.5) is 5.69 Å². The standard InChI is InChI=1S/C19H22N4O2/c1-13-5-6-16(23-9-3-4-18(23)24)15(10-13)19(25)20-8-7-17-21-11-14(2)12-22-17/h5-6,10-12H,3-4,7-9H2,1-2H3,(H,20,25). The largest absolute Gasteiger partial charge is 0.352 e. The van der Waals surface area contributed by atoms with Crippen LogP contribution in [-0.4, -0.2) is 34.9 Å². The third-order valence-corrected chi connectivity index (χ3v) is 4.23. The Hall–Kier alpha value is -2.76. The molecule has 25 heavy (non-hydrogen) atoms. The Kier molecular flexibility index (Phi) is 5.07. The number of carbonyl (C=O) groups is 2. The topological polar surface area (TPSA) is 75.2 Å². The molecule has 0 spiro atoms. The molecule has 1 N–H and O–H groups in total. The van der Waals surface area contributed by atoms with Crippen molar-refractivity contribution in [1.82, 2.24) is 15.3 Å². The molecule has 0 unspecified atom stereocenters. The van der Waals surface area contributed by atoms with Crippen LogP contribution < -0.4 is 10.2 Å². The molecule has 0 atom stereocenters. The fourth-order valence-corrected chi connectivity index (χ4v) is 2.90. The second kappa shape index (κ2) is 7.42. The van der Waals surface area contributed by atoms with Crippen molar-refractivity contribution in [2.75, 3.05) is 18.0 Å². The van der Waals surface area contributed by atoms with Gasteiger partial charge in [0.1, 0.15) is 5.82 Å². The van der Waals surface area contributed by atoms with E-state index in [1.54, 1.807) is 17.3 Å². The summed E-state index contributed by atoms with van der Waals surface area (Å²) in [5, 5.41) is 2.91. The van der Waals surface area contributed by atoms with Gasteiger partial charge in [0.05, 0.1) is 11.3 Å². The van der Waals surface area contributed by atoms with Gasteiger partial charge in [-0.15, -0.1) is 0 Å². The van der Waals surface area contributed by atoms with Gasteiger partial charge in [0.15, 0.2) is 0 Å². The Morgan fingerprint density at radius 3 is 2.64 bits per heavy atom. The van der Waals surface area contributed by atoms with Crippen LogP contribution in [0.25, 0.3) is 0 Å². The molecule has 130 valence electrons. The van der Waals surface area contributed by atoms with Gasteiger partial charge in [-0.05, 0) is 38.0 Å². The summed E-state index contributed by atoms with van der Waals surface area (Å²) in [5.41, 5.74) is 3.23. The number of carbonyl (C=O) groups excluding carboxylic acids is 2. The summed E-state index contributed by atoms with van der Waals surface area (Å²) in [6, 6.07) is 5.62. The van der Waals surface area contributed by atoms with E-state index in [-0.39, 0.29) is 11.8 Å². The summed E-state index contributed by atoms with van der Waals surface area (Å²) < 4.78 is 0. The maximum absolute atomic E-state index is 12.6. The van der Waals surface area contributed by atoms with E-state index in [1.165, 1.54) is 0 Å². The predicted octanol–water partition coefficient (Wildman–Crippen LogP) is 2.19. The summed E-state index contributed by atoms with van der Waals surface area (Å²) in [6.07, 6.45) is 5.47. The lowest BCUT2D eigenvalue weighted by atomic mass is 10.1. The first-order valence-electron chi connectivity index (χ1n) is 8.51. The predicted molar refractivity (Wildman–Crippen MR) is 95.6 cm³/mol. The number of amides is 2. The van der Waals surface area contributed by atoms with Gasteiger partial charge in [-0.25, -0.2) is 9.97 Å². The molecule has 2 amide bonds. The number of hydrogen-bond acceptors (Lipinski definition) is 4. The minimum absolute atomic E-state index is 0.0750. The molecule has 1 aromatic heterocycles. The van der Waals surface area contributed by atoms with E-state index in [1.807, 2.05) is 32.0 Å². The van der Waals surface area contributed by atoms with E-state index in [2.05, 4.69) is 15.3 Å². The number of hydrogen-bond donors (Lipinski definition) is 1. The van der Waals surface area contributed by atoms with Crippen molar-refractivity contribution in [3.8, 4) is 0 Å². The first-order chi connectivity index (χ1) is 12.0. The number of rotatable bonds is 5. The average Bonchev–Trinajstić information content (AvgIpc) is 3.02. The van der Waals surface area contributed by atoms with Gasteiger partial charge in [0.2, 0.25) is 5.91 Å². The third-order valence-electron chi connectivity index (χ3n) is 4.23. The first kappa shape index (κ1) is 17.1. The summed E-state index contributed by atoms with van der Waals surface area (Å²) >= 11 is 0. The molecule has 1 fully saturated rings. The van der Waals surface area contributed by atoms with Crippen molar-refractivity contribution in [2.24, 2.45) is 0 Å². The van der Waals surface area contributed by atoms with E-state index in [0.717, 1.165) is 17.5 Å². The lowest BCUT2D eigenvalue weighted by molar-refractivity contribution is -0.117. The lowest BCUT2D eigenvalue weighted by Gasteiger charge is -2.20. The first-order valence-corrected chi connectivity index (χ1v) is 8.51. The highest BCUT2D eigenvalue weighted by molar-refractivity contribution is 6.05. The molecule has 0 aliphatic carbocycles. The molecular weight excluding hydrogens is 316 g/mol. The second-order valence-electron chi connectivity index (χ2n) is 6.35. The third kappa shape index (κ3) is 4.02. The quantitative estimate of drug-likeness (QED) is 0.907. The fraction of sp³-hybridized carbons (Fsp3) is 0.368. The van der Waals surface area contributed by atoms with E-state index >= 15 is 0 Å². The normalized spacial score (nSPS) is 14.0. The Morgan fingerprint density at radius 2 is 1.96 bits per heavy atom. The highest BCUT2D eigenvalue weighted by Crippen LogP contribution is 2.26. The van der Waals surface area contributed by atoms with Crippen molar-refractivity contribution in [3.63, 3.8) is 0 Å². The van der Waals surface area contributed by atoms with Crippen molar-refractivity contribution in [2.45, 2.75) is 33.1 Å². The number of anilines is 1. The van der Waals surface area contributed by atoms with E-state index < -0.39 is 0 Å². The number of aromatic nitrogens is 2. The molecule has 3 rings (SSSR count). The molecule has 2 aromatic rings. The van der Waals surface area contributed by atoms with Crippen LogP contribution in [0.3, 0.4) is 0 Å². The van der Waals surface area contributed by atoms with E-state index in [4.69, 9.17) is 0 Å². The number of aryl methyl sites for hydroxylation is 2. The number of benzene rings is 1. The van der Waals surface area contributed by atoms with Gasteiger partial charge in [0, 0.05) is 38.3 Å². The zero-order valence-electron chi connectivity index (χ0n) is 14.6. The molecule has 6 nitrogen and oxygen atoms in total. The molecule has 0 bridgehead atoms. The maximum Gasteiger partial charge on any atom is 0.253 e. The molecule has 6 heteroatoms. The molecular formula is C19H22N4O2. The molecule has 0 saturated carbocycles. The Morgan fingerprint density at radius 1 is 1.20 bits per heavy atom. The van der Waals surface area contributed by atoms with Gasteiger partial charge >= 0.3 is 0 Å². The van der Waals surface area contributed by atoms with Gasteiger partial charge in [-0.2, -0.15) is 0 Å². The minimum Gasteiger partial charge on any atom is -0.352 e. The molecule has 1 aliphatic heterocycles. The van der Waals surface area contributed by atoms with Gasteiger partial charge in [0.25, 0.3) is 5.91 Å². The van der Waals surface area contributed by atoms with Crippen LogP contribution in [0.15, 0.2) is 30.6 Å². The summed E-state index contributed by atoms with van der Waals surface area (Å²) in [5.74, 6) is 0.599. The summed E-state index contributed by atoms with van der Waals surface area (Å²) in [7, 11) is 0. The van der Waals surface area contributed by atoms with Crippen molar-refractivity contribution in [3.05, 3.63) is 53.1 Å². The van der Waals surface area contributed by atoms with Crippen molar-refractivity contribution >= 4 is 17.5 Å². The Labute approximate surface area is 147 Å². The van der Waals surface area contributed by atoms with E-state index in [9.17, 15) is 9.59 Å². The van der Waals surface area contributed by atoms with Crippen LogP contribution in [-0.2, 0) is 11.2 Å². The van der Waals surface area contributed by atoms with Gasteiger partial charge < -0.3 is 10.2 Å². The average molecular weight is 338 g/mol. The monoisotopic (exact) mass is 338 g/mol. The summed E-state index contributed by atoms with van der Waals surface area (Å²) in [4.78, 5) is 34.9. The van der Waals surface area contributed by atoms with Gasteiger partial charge in [-0.3, -0.25) is 9.59 Å². The van der Waals surface area contributed by atoms with Crippen LogP contribution in [0, 0.1) is 13.8 Å².